The van der Waals surface area contributed by atoms with Gasteiger partial charge in [0.25, 0.3) is 0 Å². The Bertz CT molecular complexity index is 711. The van der Waals surface area contributed by atoms with E-state index in [1.165, 1.54) is 11.0 Å². The Balaban J connectivity index is 2.51. The summed E-state index contributed by atoms with van der Waals surface area (Å²) in [7, 11) is 1.59. The van der Waals surface area contributed by atoms with Gasteiger partial charge < -0.3 is 24.8 Å². The first-order chi connectivity index (χ1) is 11.8. The average molecular weight is 348 g/mol. The van der Waals surface area contributed by atoms with E-state index in [4.69, 9.17) is 9.47 Å². The lowest BCUT2D eigenvalue weighted by Gasteiger charge is -2.33. The van der Waals surface area contributed by atoms with E-state index in [0.29, 0.717) is 29.2 Å². The van der Waals surface area contributed by atoms with Gasteiger partial charge in [-0.2, -0.15) is 0 Å². The van der Waals surface area contributed by atoms with E-state index >= 15 is 0 Å². The van der Waals surface area contributed by atoms with Crippen LogP contribution in [0, 0.1) is 0 Å². The average Bonchev–Trinajstić information content (AvgIpc) is 2.53. The summed E-state index contributed by atoms with van der Waals surface area (Å²) in [6.45, 7) is 7.42. The number of nitrogens with zero attached hydrogens (tertiary/aromatic N) is 1. The monoisotopic (exact) mass is 348 g/mol. The molecule has 7 nitrogen and oxygen atoms in total. The summed E-state index contributed by atoms with van der Waals surface area (Å²) in [6, 6.07) is 3.73. The molecule has 25 heavy (non-hydrogen) atoms. The molecule has 2 rings (SSSR count). The van der Waals surface area contributed by atoms with Crippen molar-refractivity contribution in [2.24, 2.45) is 0 Å². The van der Waals surface area contributed by atoms with E-state index in [-0.39, 0.29) is 17.9 Å². The summed E-state index contributed by atoms with van der Waals surface area (Å²) < 4.78 is 10.7. The number of aromatic hydroxyl groups is 1. The molecule has 0 saturated carbocycles. The molecule has 1 aromatic carbocycles. The number of benzene rings is 1. The van der Waals surface area contributed by atoms with E-state index in [1.54, 1.807) is 46.9 Å². The van der Waals surface area contributed by atoms with Gasteiger partial charge in [0.2, 0.25) is 0 Å². The quantitative estimate of drug-likeness (QED) is 0.799. The molecule has 0 saturated heterocycles. The normalized spacial score (nSPS) is 17.6. The van der Waals surface area contributed by atoms with Crippen molar-refractivity contribution in [1.82, 2.24) is 10.2 Å². The summed E-state index contributed by atoms with van der Waals surface area (Å²) >= 11 is 0. The van der Waals surface area contributed by atoms with E-state index in [1.807, 2.05) is 0 Å². The minimum atomic E-state index is -0.685. The number of carbonyl (C=O) groups excluding carboxylic acids is 2. The van der Waals surface area contributed by atoms with Crippen LogP contribution in [0.25, 0.3) is 0 Å². The van der Waals surface area contributed by atoms with Crippen molar-refractivity contribution in [3.8, 4) is 11.5 Å². The molecule has 2 N–H and O–H groups in total. The number of allylic oxidation sites excluding steroid dienone is 1. The zero-order chi connectivity index (χ0) is 18.7. The van der Waals surface area contributed by atoms with Gasteiger partial charge in [0.05, 0.1) is 24.3 Å². The van der Waals surface area contributed by atoms with Crippen LogP contribution in [0.4, 0.5) is 4.79 Å². The van der Waals surface area contributed by atoms with Crippen LogP contribution in [0.2, 0.25) is 0 Å². The number of phenols is 1. The predicted molar refractivity (Wildman–Crippen MR) is 92.2 cm³/mol. The maximum atomic E-state index is 12.6. The van der Waals surface area contributed by atoms with Crippen molar-refractivity contribution in [3.05, 3.63) is 35.0 Å². The fraction of sp³-hybridized carbons (Fsp3) is 0.444. The summed E-state index contributed by atoms with van der Waals surface area (Å²) in [5, 5.41) is 12.7. The lowest BCUT2D eigenvalue weighted by molar-refractivity contribution is -0.143. The molecular weight excluding hydrogens is 324 g/mol. The molecule has 1 heterocycles. The molecule has 0 unspecified atom stereocenters. The molecule has 7 heteroatoms. The number of rotatable bonds is 5. The number of urea groups is 1. The Morgan fingerprint density at radius 3 is 2.68 bits per heavy atom. The molecule has 136 valence electrons. The first kappa shape index (κ1) is 18.6. The second-order valence-corrected chi connectivity index (χ2v) is 6.05. The fourth-order valence-corrected chi connectivity index (χ4v) is 2.61. The number of hydrogen-bond donors (Lipinski definition) is 2. The lowest BCUT2D eigenvalue weighted by Crippen LogP contribution is -2.46. The van der Waals surface area contributed by atoms with Crippen LogP contribution < -0.4 is 10.1 Å². The van der Waals surface area contributed by atoms with E-state index < -0.39 is 12.0 Å². The van der Waals surface area contributed by atoms with Crippen molar-refractivity contribution in [2.75, 3.05) is 13.7 Å². The Kier molecular flexibility index (Phi) is 5.56. The van der Waals surface area contributed by atoms with Crippen LogP contribution in [0.5, 0.6) is 11.5 Å². The first-order valence-electron chi connectivity index (χ1n) is 8.17. The fourth-order valence-electron chi connectivity index (χ4n) is 2.61. The number of esters is 1. The van der Waals surface area contributed by atoms with Gasteiger partial charge >= 0.3 is 12.0 Å². The minimum absolute atomic E-state index is 0.00291. The number of ether oxygens (including phenoxy) is 2. The Hall–Kier alpha value is -2.70. The third kappa shape index (κ3) is 3.87. The molecule has 1 aromatic rings. The van der Waals surface area contributed by atoms with Crippen molar-refractivity contribution in [1.29, 1.82) is 0 Å². The van der Waals surface area contributed by atoms with Gasteiger partial charge in [-0.25, -0.2) is 9.59 Å². The smallest absolute Gasteiger partial charge is 0.338 e. The maximum absolute atomic E-state index is 12.6. The third-order valence-electron chi connectivity index (χ3n) is 3.93. The highest BCUT2D eigenvalue weighted by Gasteiger charge is 2.35. The Morgan fingerprint density at radius 1 is 1.40 bits per heavy atom. The molecule has 0 fully saturated rings. The van der Waals surface area contributed by atoms with Crippen LogP contribution in [-0.2, 0) is 9.53 Å². The number of carbonyl (C=O) groups is 2. The molecule has 0 aliphatic carbocycles. The summed E-state index contributed by atoms with van der Waals surface area (Å²) in [5.74, 6) is -0.199. The Morgan fingerprint density at radius 2 is 2.08 bits per heavy atom. The number of nitrogens with one attached hydrogen (secondary N) is 1. The predicted octanol–water partition coefficient (Wildman–Crippen LogP) is 2.71. The SMILES string of the molecule is CCOc1cc([C@@H]2NC(=O)N(C)C(C)=C2C(=O)OC(C)C)ccc1O. The number of phenolic OH excluding ortho intramolecular Hbond substituents is 1. The Labute approximate surface area is 147 Å². The van der Waals surface area contributed by atoms with Gasteiger partial charge in [-0.05, 0) is 45.4 Å². The standard InChI is InChI=1S/C18H24N2O5/c1-6-24-14-9-12(7-8-13(14)21)16-15(17(22)25-10(2)3)11(4)20(5)18(23)19-16/h7-10,16,21H,6H2,1-5H3,(H,19,23)/t16-/m0/s1. The molecule has 0 bridgehead atoms. The zero-order valence-electron chi connectivity index (χ0n) is 15.1. The second-order valence-electron chi connectivity index (χ2n) is 6.05. The number of amides is 2. The van der Waals surface area contributed by atoms with Gasteiger partial charge in [0.15, 0.2) is 11.5 Å². The van der Waals surface area contributed by atoms with Crippen LogP contribution in [0.3, 0.4) is 0 Å². The maximum Gasteiger partial charge on any atom is 0.338 e. The van der Waals surface area contributed by atoms with Gasteiger partial charge in [-0.15, -0.1) is 0 Å². The van der Waals surface area contributed by atoms with Crippen LogP contribution in [0.1, 0.15) is 39.3 Å². The third-order valence-corrected chi connectivity index (χ3v) is 3.93. The van der Waals surface area contributed by atoms with Gasteiger partial charge in [-0.1, -0.05) is 6.07 Å². The summed E-state index contributed by atoms with van der Waals surface area (Å²) in [6.07, 6.45) is -0.282. The topological polar surface area (TPSA) is 88.1 Å². The van der Waals surface area contributed by atoms with Crippen molar-refractivity contribution < 1.29 is 24.2 Å². The van der Waals surface area contributed by atoms with Crippen LogP contribution in [-0.4, -0.2) is 41.8 Å². The number of hydrogen-bond acceptors (Lipinski definition) is 5. The lowest BCUT2D eigenvalue weighted by atomic mass is 9.94. The second kappa shape index (κ2) is 7.46. The van der Waals surface area contributed by atoms with E-state index in [2.05, 4.69) is 5.32 Å². The van der Waals surface area contributed by atoms with Crippen LogP contribution in [0.15, 0.2) is 29.5 Å². The van der Waals surface area contributed by atoms with Gasteiger partial charge in [-0.3, -0.25) is 0 Å². The largest absolute Gasteiger partial charge is 0.504 e. The minimum Gasteiger partial charge on any atom is -0.504 e. The molecule has 1 atom stereocenters. The first-order valence-corrected chi connectivity index (χ1v) is 8.17. The summed E-state index contributed by atoms with van der Waals surface area (Å²) in [5.41, 5.74) is 1.49. The van der Waals surface area contributed by atoms with Crippen molar-refractivity contribution in [2.45, 2.75) is 39.8 Å². The highest BCUT2D eigenvalue weighted by Crippen LogP contribution is 2.35. The van der Waals surface area contributed by atoms with Crippen LogP contribution >= 0.6 is 0 Å². The molecule has 1 aliphatic rings. The van der Waals surface area contributed by atoms with Crippen molar-refractivity contribution in [3.63, 3.8) is 0 Å². The molecule has 0 radical (unpaired) electrons. The highest BCUT2D eigenvalue weighted by atomic mass is 16.5. The molecule has 2 amide bonds. The van der Waals surface area contributed by atoms with Gasteiger partial charge in [0, 0.05) is 12.7 Å². The molecule has 0 aromatic heterocycles. The molecule has 0 spiro atoms. The van der Waals surface area contributed by atoms with Crippen molar-refractivity contribution >= 4 is 12.0 Å². The molecular formula is C18H24N2O5. The summed E-state index contributed by atoms with van der Waals surface area (Å²) in [4.78, 5) is 26.2. The highest BCUT2D eigenvalue weighted by molar-refractivity contribution is 5.95. The van der Waals surface area contributed by atoms with E-state index in [9.17, 15) is 14.7 Å². The zero-order valence-corrected chi connectivity index (χ0v) is 15.1. The van der Waals surface area contributed by atoms with E-state index in [0.717, 1.165) is 0 Å². The molecule has 1 aliphatic heterocycles. The van der Waals surface area contributed by atoms with Gasteiger partial charge in [0.1, 0.15) is 0 Å².